The highest BCUT2D eigenvalue weighted by Gasteiger charge is 2.37. The number of hydrogen-bond acceptors (Lipinski definition) is 4. The summed E-state index contributed by atoms with van der Waals surface area (Å²) < 4.78 is 0. The van der Waals surface area contributed by atoms with Crippen molar-refractivity contribution in [1.29, 1.82) is 0 Å². The Labute approximate surface area is 196 Å². The Morgan fingerprint density at radius 2 is 1.73 bits per heavy atom. The summed E-state index contributed by atoms with van der Waals surface area (Å²) in [6.45, 7) is 5.38. The van der Waals surface area contributed by atoms with Gasteiger partial charge in [0.05, 0.1) is 12.6 Å². The van der Waals surface area contributed by atoms with Crippen LogP contribution in [0.15, 0.2) is 24.3 Å². The van der Waals surface area contributed by atoms with Gasteiger partial charge in [0.15, 0.2) is 5.82 Å². The minimum Gasteiger partial charge on any atom is -0.332 e. The van der Waals surface area contributed by atoms with Gasteiger partial charge in [-0.2, -0.15) is 0 Å². The molecule has 1 aromatic carbocycles. The molecule has 2 aliphatic heterocycles. The molecule has 33 heavy (non-hydrogen) atoms. The fourth-order valence-corrected chi connectivity index (χ4v) is 5.67. The summed E-state index contributed by atoms with van der Waals surface area (Å²) in [6.07, 6.45) is 8.59. The largest absolute Gasteiger partial charge is 0.332 e. The third kappa shape index (κ3) is 4.40. The standard InChI is InChI=1S/C27H34N4O2/c1-18-10-12-20(13-11-18)17-31-24(32)15-14-22-19(2)28-25(29-26(22)31)23-9-6-16-30(23)27(33)21-7-4-3-5-8-21/h10-13,21,23H,3-9,14-17H2,1-2H3/t23-/m1/s1. The van der Waals surface area contributed by atoms with Gasteiger partial charge in [0, 0.05) is 30.1 Å². The van der Waals surface area contributed by atoms with Crippen molar-refractivity contribution < 1.29 is 9.59 Å². The van der Waals surface area contributed by atoms with Gasteiger partial charge in [0.2, 0.25) is 11.8 Å². The summed E-state index contributed by atoms with van der Waals surface area (Å²) in [4.78, 5) is 40.0. The average molecular weight is 447 g/mol. The van der Waals surface area contributed by atoms with Crippen molar-refractivity contribution in [3.05, 3.63) is 52.5 Å². The minimum atomic E-state index is -0.0818. The monoisotopic (exact) mass is 446 g/mol. The van der Waals surface area contributed by atoms with E-state index in [2.05, 4.69) is 31.2 Å². The topological polar surface area (TPSA) is 66.4 Å². The number of aryl methyl sites for hydroxylation is 2. The van der Waals surface area contributed by atoms with Gasteiger partial charge < -0.3 is 4.90 Å². The summed E-state index contributed by atoms with van der Waals surface area (Å²) in [5.41, 5.74) is 4.30. The van der Waals surface area contributed by atoms with E-state index >= 15 is 0 Å². The number of likely N-dealkylation sites (tertiary alicyclic amines) is 1. The molecular weight excluding hydrogens is 412 g/mol. The van der Waals surface area contributed by atoms with E-state index in [9.17, 15) is 9.59 Å². The van der Waals surface area contributed by atoms with Gasteiger partial charge in [-0.15, -0.1) is 0 Å². The second-order valence-corrected chi connectivity index (χ2v) is 9.96. The number of anilines is 1. The molecule has 6 nitrogen and oxygen atoms in total. The number of carbonyl (C=O) groups excluding carboxylic acids is 2. The highest BCUT2D eigenvalue weighted by Crippen LogP contribution is 2.37. The number of benzene rings is 1. The molecule has 2 aromatic rings. The normalized spacial score (nSPS) is 21.4. The number of fused-ring (bicyclic) bond motifs is 1. The number of carbonyl (C=O) groups is 2. The van der Waals surface area contributed by atoms with Gasteiger partial charge in [-0.25, -0.2) is 9.97 Å². The Bertz CT molecular complexity index is 1040. The molecule has 1 aromatic heterocycles. The van der Waals surface area contributed by atoms with Crippen molar-refractivity contribution in [2.24, 2.45) is 5.92 Å². The lowest BCUT2D eigenvalue weighted by atomic mass is 9.88. The van der Waals surface area contributed by atoms with Crippen molar-refractivity contribution in [2.45, 2.75) is 84.2 Å². The maximum atomic E-state index is 13.3. The smallest absolute Gasteiger partial charge is 0.228 e. The van der Waals surface area contributed by atoms with E-state index in [1.54, 1.807) is 0 Å². The number of nitrogens with zero attached hydrogens (tertiary/aromatic N) is 4. The van der Waals surface area contributed by atoms with Crippen LogP contribution in [0.3, 0.4) is 0 Å². The molecule has 2 fully saturated rings. The van der Waals surface area contributed by atoms with Crippen LogP contribution in [-0.2, 0) is 22.6 Å². The van der Waals surface area contributed by atoms with Crippen LogP contribution >= 0.6 is 0 Å². The lowest BCUT2D eigenvalue weighted by molar-refractivity contribution is -0.137. The van der Waals surface area contributed by atoms with E-state index in [1.165, 1.54) is 12.0 Å². The first-order chi connectivity index (χ1) is 16.0. The predicted molar refractivity (Wildman–Crippen MR) is 128 cm³/mol. The van der Waals surface area contributed by atoms with Gasteiger partial charge in [-0.1, -0.05) is 49.1 Å². The van der Waals surface area contributed by atoms with Crippen molar-refractivity contribution >= 4 is 17.6 Å². The molecule has 0 radical (unpaired) electrons. The van der Waals surface area contributed by atoms with Crippen LogP contribution in [0.25, 0.3) is 0 Å². The molecule has 6 heteroatoms. The molecule has 0 N–H and O–H groups in total. The fourth-order valence-electron chi connectivity index (χ4n) is 5.67. The second-order valence-electron chi connectivity index (χ2n) is 9.96. The first-order valence-electron chi connectivity index (χ1n) is 12.5. The van der Waals surface area contributed by atoms with Gasteiger partial charge >= 0.3 is 0 Å². The zero-order valence-electron chi connectivity index (χ0n) is 19.8. The molecule has 1 saturated heterocycles. The number of rotatable bonds is 4. The number of aromatic nitrogens is 2. The zero-order valence-corrected chi connectivity index (χ0v) is 19.8. The summed E-state index contributed by atoms with van der Waals surface area (Å²) in [5.74, 6) is 1.98. The maximum absolute atomic E-state index is 13.3. The Hall–Kier alpha value is -2.76. The average Bonchev–Trinajstić information content (AvgIpc) is 3.32. The van der Waals surface area contributed by atoms with E-state index in [4.69, 9.17) is 9.97 Å². The quantitative estimate of drug-likeness (QED) is 0.676. The molecule has 2 amide bonds. The van der Waals surface area contributed by atoms with Gasteiger partial charge in [0.1, 0.15) is 5.82 Å². The third-order valence-electron chi connectivity index (χ3n) is 7.60. The molecule has 0 bridgehead atoms. The molecule has 5 rings (SSSR count). The van der Waals surface area contributed by atoms with Crippen LogP contribution in [0.1, 0.15) is 85.6 Å². The van der Waals surface area contributed by atoms with Gasteiger partial charge in [-0.05, 0) is 51.5 Å². The lowest BCUT2D eigenvalue weighted by Gasteiger charge is -2.32. The Kier molecular flexibility index (Phi) is 6.17. The van der Waals surface area contributed by atoms with Crippen LogP contribution in [0.5, 0.6) is 0 Å². The first-order valence-corrected chi connectivity index (χ1v) is 12.5. The summed E-state index contributed by atoms with van der Waals surface area (Å²) in [6, 6.07) is 8.23. The third-order valence-corrected chi connectivity index (χ3v) is 7.60. The van der Waals surface area contributed by atoms with E-state index < -0.39 is 0 Å². The van der Waals surface area contributed by atoms with Crippen LogP contribution in [0.2, 0.25) is 0 Å². The number of amides is 2. The molecule has 1 aliphatic carbocycles. The first kappa shape index (κ1) is 22.1. The molecule has 1 atom stereocenters. The van der Waals surface area contributed by atoms with Crippen molar-refractivity contribution in [2.75, 3.05) is 11.4 Å². The summed E-state index contributed by atoms with van der Waals surface area (Å²) in [7, 11) is 0. The van der Waals surface area contributed by atoms with E-state index in [0.29, 0.717) is 25.2 Å². The van der Waals surface area contributed by atoms with Crippen LogP contribution in [0.4, 0.5) is 5.82 Å². The van der Waals surface area contributed by atoms with Crippen molar-refractivity contribution in [3.8, 4) is 0 Å². The molecule has 174 valence electrons. The molecule has 3 aliphatic rings. The second kappa shape index (κ2) is 9.24. The van der Waals surface area contributed by atoms with Crippen LogP contribution < -0.4 is 4.90 Å². The fraction of sp³-hybridized carbons (Fsp3) is 0.556. The lowest BCUT2D eigenvalue weighted by Crippen LogP contribution is -2.39. The molecule has 0 spiro atoms. The predicted octanol–water partition coefficient (Wildman–Crippen LogP) is 4.82. The van der Waals surface area contributed by atoms with E-state index in [0.717, 1.165) is 67.7 Å². The highest BCUT2D eigenvalue weighted by molar-refractivity contribution is 5.95. The Balaban J connectivity index is 1.45. The molecule has 3 heterocycles. The van der Waals surface area contributed by atoms with Crippen molar-refractivity contribution in [1.82, 2.24) is 14.9 Å². The Morgan fingerprint density at radius 3 is 2.48 bits per heavy atom. The van der Waals surface area contributed by atoms with Crippen LogP contribution in [0, 0.1) is 19.8 Å². The minimum absolute atomic E-state index is 0.0818. The molecular formula is C27H34N4O2. The van der Waals surface area contributed by atoms with Gasteiger partial charge in [-0.3, -0.25) is 14.5 Å². The van der Waals surface area contributed by atoms with Crippen LogP contribution in [-0.4, -0.2) is 33.2 Å². The summed E-state index contributed by atoms with van der Waals surface area (Å²) in [5, 5.41) is 0. The molecule has 1 saturated carbocycles. The SMILES string of the molecule is Cc1ccc(CN2C(=O)CCc3c(C)nc([C@H]4CCCN4C(=O)C4CCCCC4)nc32)cc1. The zero-order chi connectivity index (χ0) is 22.9. The van der Waals surface area contributed by atoms with E-state index in [-0.39, 0.29) is 23.8 Å². The van der Waals surface area contributed by atoms with Crippen molar-refractivity contribution in [3.63, 3.8) is 0 Å². The van der Waals surface area contributed by atoms with Gasteiger partial charge in [0.25, 0.3) is 0 Å². The highest BCUT2D eigenvalue weighted by atomic mass is 16.2. The molecule has 0 unspecified atom stereocenters. The van der Waals surface area contributed by atoms with E-state index in [1.807, 2.05) is 16.7 Å². The maximum Gasteiger partial charge on any atom is 0.228 e. The Morgan fingerprint density at radius 1 is 0.970 bits per heavy atom. The number of hydrogen-bond donors (Lipinski definition) is 0. The summed E-state index contributed by atoms with van der Waals surface area (Å²) >= 11 is 0.